The number of nitrogens with one attached hydrogen (secondary N) is 2. The zero-order valence-electron chi connectivity index (χ0n) is 27.7. The molecular weight excluding hydrogens is 643 g/mol. The second-order valence-electron chi connectivity index (χ2n) is 12.6. The standard InChI is InChI=1S/C45H29N5O2/c1-2-10-30(11-3-1)43-48-44(31-24-20-28(21-25-31)33-12-8-18-39-41(33)46-35-14-4-6-16-37(35)51-39)50-45(49-43)32-26-22-29(23-27-32)34-13-9-19-40-42(34)47-36-15-5-7-17-38(36)52-40/h1-27,46-47H. The number of rotatable bonds is 5. The molecule has 0 atom stereocenters. The van der Waals surface area contributed by atoms with Crippen LogP contribution < -0.4 is 20.1 Å². The summed E-state index contributed by atoms with van der Waals surface area (Å²) in [6.07, 6.45) is 0. The minimum Gasteiger partial charge on any atom is -0.453 e. The Hall–Kier alpha value is -7.25. The lowest BCUT2D eigenvalue weighted by Gasteiger charge is -2.24. The van der Waals surface area contributed by atoms with Crippen LogP contribution in [-0.2, 0) is 0 Å². The van der Waals surface area contributed by atoms with Crippen molar-refractivity contribution in [1.82, 2.24) is 15.0 Å². The highest BCUT2D eigenvalue weighted by molar-refractivity contribution is 5.90. The van der Waals surface area contributed by atoms with Crippen LogP contribution in [0.15, 0.2) is 164 Å². The summed E-state index contributed by atoms with van der Waals surface area (Å²) in [4.78, 5) is 14.9. The molecule has 0 aliphatic carbocycles. The molecule has 2 aliphatic heterocycles. The number of hydrogen-bond acceptors (Lipinski definition) is 7. The Labute approximate surface area is 300 Å². The van der Waals surface area contributed by atoms with Gasteiger partial charge in [0, 0.05) is 27.8 Å². The maximum absolute atomic E-state index is 6.21. The number of ether oxygens (including phenoxy) is 2. The molecule has 0 radical (unpaired) electrons. The van der Waals surface area contributed by atoms with Gasteiger partial charge in [0.15, 0.2) is 40.5 Å². The zero-order valence-corrected chi connectivity index (χ0v) is 27.7. The molecule has 1 aromatic heterocycles. The predicted molar refractivity (Wildman–Crippen MR) is 207 cm³/mol. The van der Waals surface area contributed by atoms with Gasteiger partial charge in [0.2, 0.25) is 0 Å². The summed E-state index contributed by atoms with van der Waals surface area (Å²) in [5.41, 5.74) is 10.7. The summed E-state index contributed by atoms with van der Waals surface area (Å²) < 4.78 is 12.4. The fraction of sp³-hybridized carbons (Fsp3) is 0. The lowest BCUT2D eigenvalue weighted by Crippen LogP contribution is -2.04. The molecule has 2 N–H and O–H groups in total. The van der Waals surface area contributed by atoms with Gasteiger partial charge in [0.25, 0.3) is 0 Å². The van der Waals surface area contributed by atoms with Crippen molar-refractivity contribution in [2.45, 2.75) is 0 Å². The highest BCUT2D eigenvalue weighted by Gasteiger charge is 2.22. The fourth-order valence-corrected chi connectivity index (χ4v) is 6.74. The van der Waals surface area contributed by atoms with Gasteiger partial charge in [-0.1, -0.05) is 127 Å². The van der Waals surface area contributed by atoms with E-state index in [-0.39, 0.29) is 0 Å². The zero-order chi connectivity index (χ0) is 34.4. The first-order chi connectivity index (χ1) is 25.7. The molecular formula is C45H29N5O2. The van der Waals surface area contributed by atoms with Gasteiger partial charge in [0.05, 0.1) is 22.7 Å². The van der Waals surface area contributed by atoms with Crippen LogP contribution in [0.25, 0.3) is 56.4 Å². The van der Waals surface area contributed by atoms with Crippen LogP contribution >= 0.6 is 0 Å². The fourth-order valence-electron chi connectivity index (χ4n) is 6.74. The first kappa shape index (κ1) is 29.6. The Morgan fingerprint density at radius 2 is 0.673 bits per heavy atom. The van der Waals surface area contributed by atoms with Crippen molar-refractivity contribution in [1.29, 1.82) is 0 Å². The van der Waals surface area contributed by atoms with Crippen molar-refractivity contribution in [3.8, 4) is 79.4 Å². The molecule has 246 valence electrons. The molecule has 3 heterocycles. The van der Waals surface area contributed by atoms with E-state index in [2.05, 4.69) is 71.3 Å². The highest BCUT2D eigenvalue weighted by atomic mass is 16.5. The van der Waals surface area contributed by atoms with Crippen molar-refractivity contribution in [3.63, 3.8) is 0 Å². The van der Waals surface area contributed by atoms with Gasteiger partial charge in [-0.15, -0.1) is 0 Å². The van der Waals surface area contributed by atoms with Crippen LogP contribution in [0.2, 0.25) is 0 Å². The molecule has 0 spiro atoms. The average Bonchev–Trinajstić information content (AvgIpc) is 3.22. The normalized spacial score (nSPS) is 12.1. The summed E-state index contributed by atoms with van der Waals surface area (Å²) in [5.74, 6) is 5.03. The minimum absolute atomic E-state index is 0.599. The van der Waals surface area contributed by atoms with Gasteiger partial charge < -0.3 is 20.1 Å². The van der Waals surface area contributed by atoms with Gasteiger partial charge >= 0.3 is 0 Å². The lowest BCUT2D eigenvalue weighted by molar-refractivity contribution is 0.481. The van der Waals surface area contributed by atoms with Gasteiger partial charge in [-0.05, 0) is 47.5 Å². The van der Waals surface area contributed by atoms with E-state index in [0.717, 1.165) is 84.7 Å². The van der Waals surface area contributed by atoms with E-state index in [4.69, 9.17) is 24.4 Å². The summed E-state index contributed by atoms with van der Waals surface area (Å²) in [6, 6.07) is 54.8. The molecule has 0 fully saturated rings. The largest absolute Gasteiger partial charge is 0.453 e. The molecule has 7 heteroatoms. The van der Waals surface area contributed by atoms with Gasteiger partial charge in [-0.2, -0.15) is 0 Å². The SMILES string of the molecule is c1ccc(-c2nc(-c3ccc(-c4cccc5c4Nc4ccccc4O5)cc3)nc(-c3ccc(-c4cccc5c4Nc4ccccc4O5)cc3)n2)cc1. The van der Waals surface area contributed by atoms with Crippen LogP contribution in [-0.4, -0.2) is 15.0 Å². The van der Waals surface area contributed by atoms with E-state index < -0.39 is 0 Å². The van der Waals surface area contributed by atoms with Crippen LogP contribution in [0.3, 0.4) is 0 Å². The molecule has 8 aromatic rings. The van der Waals surface area contributed by atoms with E-state index in [1.807, 2.05) is 103 Å². The maximum Gasteiger partial charge on any atom is 0.164 e. The van der Waals surface area contributed by atoms with Crippen molar-refractivity contribution in [2.24, 2.45) is 0 Å². The average molecular weight is 672 g/mol. The van der Waals surface area contributed by atoms with Crippen molar-refractivity contribution < 1.29 is 9.47 Å². The quantitative estimate of drug-likeness (QED) is 0.188. The third-order valence-corrected chi connectivity index (χ3v) is 9.36. The molecule has 52 heavy (non-hydrogen) atoms. The Morgan fingerprint density at radius 1 is 0.308 bits per heavy atom. The first-order valence-electron chi connectivity index (χ1n) is 17.1. The third kappa shape index (κ3) is 5.28. The number of benzene rings is 7. The smallest absolute Gasteiger partial charge is 0.164 e. The predicted octanol–water partition coefficient (Wildman–Crippen LogP) is 11.9. The van der Waals surface area contributed by atoms with Gasteiger partial charge in [-0.25, -0.2) is 15.0 Å². The number of anilines is 4. The molecule has 0 saturated heterocycles. The number of hydrogen-bond donors (Lipinski definition) is 2. The molecule has 7 aromatic carbocycles. The van der Waals surface area contributed by atoms with E-state index in [1.165, 1.54) is 0 Å². The highest BCUT2D eigenvalue weighted by Crippen LogP contribution is 2.48. The third-order valence-electron chi connectivity index (χ3n) is 9.36. The number of fused-ring (bicyclic) bond motifs is 4. The van der Waals surface area contributed by atoms with E-state index >= 15 is 0 Å². The first-order valence-corrected chi connectivity index (χ1v) is 17.1. The minimum atomic E-state index is 0.599. The Kier molecular flexibility index (Phi) is 6.99. The van der Waals surface area contributed by atoms with E-state index in [1.54, 1.807) is 0 Å². The Morgan fingerprint density at radius 3 is 1.13 bits per heavy atom. The van der Waals surface area contributed by atoms with Crippen molar-refractivity contribution in [3.05, 3.63) is 164 Å². The summed E-state index contributed by atoms with van der Waals surface area (Å²) >= 11 is 0. The van der Waals surface area contributed by atoms with Crippen LogP contribution in [0.4, 0.5) is 22.7 Å². The lowest BCUT2D eigenvalue weighted by atomic mass is 10.00. The molecule has 7 nitrogen and oxygen atoms in total. The Bertz CT molecular complexity index is 2460. The van der Waals surface area contributed by atoms with Crippen LogP contribution in [0.1, 0.15) is 0 Å². The molecule has 0 saturated carbocycles. The van der Waals surface area contributed by atoms with Gasteiger partial charge in [0.1, 0.15) is 0 Å². The number of aromatic nitrogens is 3. The van der Waals surface area contributed by atoms with Crippen molar-refractivity contribution in [2.75, 3.05) is 10.6 Å². The van der Waals surface area contributed by atoms with E-state index in [0.29, 0.717) is 17.5 Å². The molecule has 0 unspecified atom stereocenters. The maximum atomic E-state index is 6.21. The molecule has 0 bridgehead atoms. The number of para-hydroxylation sites is 6. The van der Waals surface area contributed by atoms with Gasteiger partial charge in [-0.3, -0.25) is 0 Å². The van der Waals surface area contributed by atoms with E-state index in [9.17, 15) is 0 Å². The Balaban J connectivity index is 0.994. The summed E-state index contributed by atoms with van der Waals surface area (Å²) in [6.45, 7) is 0. The van der Waals surface area contributed by atoms with Crippen LogP contribution in [0.5, 0.6) is 23.0 Å². The number of nitrogens with zero attached hydrogens (tertiary/aromatic N) is 3. The topological polar surface area (TPSA) is 81.2 Å². The van der Waals surface area contributed by atoms with Crippen molar-refractivity contribution >= 4 is 22.7 Å². The second-order valence-corrected chi connectivity index (χ2v) is 12.6. The summed E-state index contributed by atoms with van der Waals surface area (Å²) in [7, 11) is 0. The monoisotopic (exact) mass is 671 g/mol. The molecule has 10 rings (SSSR count). The second kappa shape index (κ2) is 12.3. The summed E-state index contributed by atoms with van der Waals surface area (Å²) in [5, 5.41) is 7.14. The molecule has 2 aliphatic rings. The van der Waals surface area contributed by atoms with Crippen LogP contribution in [0, 0.1) is 0 Å². The molecule has 0 amide bonds.